The molecule has 0 aromatic carbocycles. The number of hydrogen-bond donors (Lipinski definition) is 2. The number of imidazole rings is 1. The Morgan fingerprint density at radius 3 is 2.90 bits per heavy atom. The third-order valence-corrected chi connectivity index (χ3v) is 3.17. The summed E-state index contributed by atoms with van der Waals surface area (Å²) in [5.41, 5.74) is 6.64. The molecule has 1 amide bonds. The number of carbonyl (C=O) groups is 1. The molecular weight excluding hydrogens is 299 g/mol. The lowest BCUT2D eigenvalue weighted by molar-refractivity contribution is -0.121. The molecule has 2 heterocycles. The van der Waals surface area contributed by atoms with Gasteiger partial charge in [0.25, 0.3) is 0 Å². The van der Waals surface area contributed by atoms with E-state index in [1.165, 1.54) is 18.7 Å². The van der Waals surface area contributed by atoms with Crippen molar-refractivity contribution in [1.82, 2.24) is 14.9 Å². The van der Waals surface area contributed by atoms with Crippen molar-refractivity contribution in [3.63, 3.8) is 0 Å². The van der Waals surface area contributed by atoms with Crippen LogP contribution >= 0.6 is 24.8 Å². The lowest BCUT2D eigenvalue weighted by Gasteiger charge is -2.11. The summed E-state index contributed by atoms with van der Waals surface area (Å²) in [7, 11) is 0. The van der Waals surface area contributed by atoms with Crippen LogP contribution in [0.1, 0.15) is 37.7 Å². The Labute approximate surface area is 132 Å². The van der Waals surface area contributed by atoms with Crippen molar-refractivity contribution in [2.75, 3.05) is 6.54 Å². The Bertz CT molecular complexity index is 397. The van der Waals surface area contributed by atoms with E-state index in [0.717, 1.165) is 25.1 Å². The van der Waals surface area contributed by atoms with Gasteiger partial charge in [0, 0.05) is 44.6 Å². The van der Waals surface area contributed by atoms with Crippen LogP contribution in [0.25, 0.3) is 0 Å². The minimum absolute atomic E-state index is 0. The number of rotatable bonds is 5. The van der Waals surface area contributed by atoms with E-state index in [1.54, 1.807) is 0 Å². The van der Waals surface area contributed by atoms with Crippen LogP contribution in [0.5, 0.6) is 0 Å². The van der Waals surface area contributed by atoms with Gasteiger partial charge in [-0.1, -0.05) is 0 Å². The summed E-state index contributed by atoms with van der Waals surface area (Å²) in [6, 6.07) is -0.0788. The molecule has 0 aliphatic carbocycles. The smallest absolute Gasteiger partial charge is 0.221 e. The largest absolute Gasteiger partial charge is 0.356 e. The number of fused-ring (bicyclic) bond motifs is 1. The third kappa shape index (κ3) is 5.69. The van der Waals surface area contributed by atoms with E-state index in [-0.39, 0.29) is 36.8 Å². The maximum Gasteiger partial charge on any atom is 0.221 e. The van der Waals surface area contributed by atoms with Gasteiger partial charge in [0.1, 0.15) is 5.82 Å². The first-order valence-corrected chi connectivity index (χ1v) is 6.72. The summed E-state index contributed by atoms with van der Waals surface area (Å²) >= 11 is 0. The molecule has 0 saturated carbocycles. The number of nitrogens with two attached hydrogens (primary N) is 1. The van der Waals surface area contributed by atoms with Crippen molar-refractivity contribution >= 4 is 30.7 Å². The van der Waals surface area contributed by atoms with Gasteiger partial charge in [-0.15, -0.1) is 24.8 Å². The molecule has 1 aromatic rings. The quantitative estimate of drug-likeness (QED) is 0.862. The molecule has 2 rings (SSSR count). The molecule has 20 heavy (non-hydrogen) atoms. The Kier molecular flexibility index (Phi) is 8.85. The fourth-order valence-corrected chi connectivity index (χ4v) is 2.29. The zero-order valence-electron chi connectivity index (χ0n) is 11.8. The van der Waals surface area contributed by atoms with Gasteiger partial charge in [0.05, 0.1) is 5.69 Å². The first kappa shape index (κ1) is 19.2. The molecule has 116 valence electrons. The monoisotopic (exact) mass is 322 g/mol. The minimum atomic E-state index is -0.0788. The zero-order valence-corrected chi connectivity index (χ0v) is 13.4. The Morgan fingerprint density at radius 1 is 1.50 bits per heavy atom. The van der Waals surface area contributed by atoms with Crippen LogP contribution in [0.4, 0.5) is 0 Å². The summed E-state index contributed by atoms with van der Waals surface area (Å²) in [4.78, 5) is 16.0. The summed E-state index contributed by atoms with van der Waals surface area (Å²) in [6.07, 6.45) is 6.86. The molecule has 0 fully saturated rings. The van der Waals surface area contributed by atoms with E-state index >= 15 is 0 Å². The average molecular weight is 323 g/mol. The predicted molar refractivity (Wildman–Crippen MR) is 84.6 cm³/mol. The normalized spacial score (nSPS) is 14.5. The van der Waals surface area contributed by atoms with Crippen LogP contribution in [0, 0.1) is 0 Å². The van der Waals surface area contributed by atoms with Gasteiger partial charge in [-0.25, -0.2) is 4.98 Å². The van der Waals surface area contributed by atoms with Crippen molar-refractivity contribution in [3.8, 4) is 0 Å². The van der Waals surface area contributed by atoms with E-state index in [9.17, 15) is 4.79 Å². The number of halogens is 2. The summed E-state index contributed by atoms with van der Waals surface area (Å²) in [6.45, 7) is 3.56. The van der Waals surface area contributed by atoms with E-state index in [4.69, 9.17) is 5.73 Å². The number of nitrogens with one attached hydrogen (secondary N) is 1. The van der Waals surface area contributed by atoms with E-state index in [0.29, 0.717) is 13.0 Å². The lowest BCUT2D eigenvalue weighted by Crippen LogP contribution is -2.31. The Balaban J connectivity index is 0.00000180. The van der Waals surface area contributed by atoms with E-state index in [2.05, 4.69) is 21.1 Å². The van der Waals surface area contributed by atoms with Crippen molar-refractivity contribution in [2.24, 2.45) is 5.73 Å². The van der Waals surface area contributed by atoms with Gasteiger partial charge in [-0.2, -0.15) is 0 Å². The van der Waals surface area contributed by atoms with Crippen LogP contribution < -0.4 is 11.1 Å². The molecule has 5 nitrogen and oxygen atoms in total. The maximum absolute atomic E-state index is 11.4. The Morgan fingerprint density at radius 2 is 2.25 bits per heavy atom. The minimum Gasteiger partial charge on any atom is -0.356 e. The molecule has 1 aromatic heterocycles. The van der Waals surface area contributed by atoms with Crippen molar-refractivity contribution < 1.29 is 4.79 Å². The van der Waals surface area contributed by atoms with Gasteiger partial charge in [0.15, 0.2) is 0 Å². The highest BCUT2D eigenvalue weighted by Crippen LogP contribution is 2.14. The number of amides is 1. The molecule has 7 heteroatoms. The molecule has 0 spiro atoms. The zero-order chi connectivity index (χ0) is 13.0. The average Bonchev–Trinajstić information content (AvgIpc) is 2.70. The highest BCUT2D eigenvalue weighted by molar-refractivity contribution is 5.85. The van der Waals surface area contributed by atoms with Crippen LogP contribution in [0.3, 0.4) is 0 Å². The molecule has 1 atom stereocenters. The number of hydrogen-bond acceptors (Lipinski definition) is 3. The van der Waals surface area contributed by atoms with Crippen LogP contribution in [-0.4, -0.2) is 28.0 Å². The van der Waals surface area contributed by atoms with Gasteiger partial charge in [0.2, 0.25) is 5.91 Å². The summed E-state index contributed by atoms with van der Waals surface area (Å²) in [5.74, 6) is 1.21. The fourth-order valence-electron chi connectivity index (χ4n) is 2.29. The highest BCUT2D eigenvalue weighted by Gasteiger charge is 2.12. The number of nitrogens with zero attached hydrogens (tertiary/aromatic N) is 2. The van der Waals surface area contributed by atoms with Crippen molar-refractivity contribution in [3.05, 3.63) is 17.7 Å². The van der Waals surface area contributed by atoms with Crippen LogP contribution in [0.2, 0.25) is 0 Å². The second-order valence-corrected chi connectivity index (χ2v) is 5.08. The molecule has 0 saturated heterocycles. The maximum atomic E-state index is 11.4. The fraction of sp³-hybridized carbons (Fsp3) is 0.692. The molecular formula is C13H24Cl2N4O. The second kappa shape index (κ2) is 9.21. The van der Waals surface area contributed by atoms with Crippen molar-refractivity contribution in [1.29, 1.82) is 0 Å². The molecule has 1 unspecified atom stereocenters. The molecule has 3 N–H and O–H groups in total. The van der Waals surface area contributed by atoms with Gasteiger partial charge in [-0.05, 0) is 19.8 Å². The number of aromatic nitrogens is 2. The topological polar surface area (TPSA) is 72.9 Å². The third-order valence-electron chi connectivity index (χ3n) is 3.17. The standard InChI is InChI=1S/C13H22N4O.2ClH/c1-10(14)8-13(18)15-6-5-11-9-17-7-3-2-4-12(17)16-11;;/h9-10H,2-8,14H2,1H3,(H,15,18);2*1H. The molecule has 1 aliphatic heterocycles. The first-order valence-electron chi connectivity index (χ1n) is 6.72. The summed E-state index contributed by atoms with van der Waals surface area (Å²) in [5, 5.41) is 2.87. The number of aryl methyl sites for hydroxylation is 2. The number of carbonyl (C=O) groups excluding carboxylic acids is 1. The SMILES string of the molecule is CC(N)CC(=O)NCCc1cn2c(n1)CCCC2.Cl.Cl. The highest BCUT2D eigenvalue weighted by atomic mass is 35.5. The van der Waals surface area contributed by atoms with Crippen LogP contribution in [0.15, 0.2) is 6.20 Å². The second-order valence-electron chi connectivity index (χ2n) is 5.08. The predicted octanol–water partition coefficient (Wildman–Crippen LogP) is 1.46. The Hall–Kier alpha value is -0.780. The molecule has 1 aliphatic rings. The van der Waals surface area contributed by atoms with Gasteiger partial charge < -0.3 is 15.6 Å². The van der Waals surface area contributed by atoms with Crippen LogP contribution in [-0.2, 0) is 24.2 Å². The first-order chi connectivity index (χ1) is 8.65. The van der Waals surface area contributed by atoms with E-state index in [1.807, 2.05) is 6.92 Å². The molecule has 0 bridgehead atoms. The molecule has 0 radical (unpaired) electrons. The van der Waals surface area contributed by atoms with E-state index < -0.39 is 0 Å². The van der Waals surface area contributed by atoms with Gasteiger partial charge >= 0.3 is 0 Å². The lowest BCUT2D eigenvalue weighted by atomic mass is 10.2. The summed E-state index contributed by atoms with van der Waals surface area (Å²) < 4.78 is 2.24. The van der Waals surface area contributed by atoms with Crippen molar-refractivity contribution in [2.45, 2.75) is 51.6 Å². The van der Waals surface area contributed by atoms with Gasteiger partial charge in [-0.3, -0.25) is 4.79 Å².